The molecule has 0 aromatic heterocycles. The first kappa shape index (κ1) is 34.0. The Morgan fingerprint density at radius 2 is 1.65 bits per heavy atom. The number of thioether (sulfide) groups is 1. The topological polar surface area (TPSA) is 182 Å². The molecule has 2 saturated heterocycles. The Morgan fingerprint density at radius 1 is 1.07 bits per heavy atom. The number of hydrogen-bond acceptors (Lipinski definition) is 10. The largest absolute Gasteiger partial charge is 0.427 e. The van der Waals surface area contributed by atoms with E-state index in [-0.39, 0.29) is 10.8 Å². The molecule has 2 aromatic carbocycles. The summed E-state index contributed by atoms with van der Waals surface area (Å²) < 4.78 is 39.0. The predicted molar refractivity (Wildman–Crippen MR) is 159 cm³/mol. The Morgan fingerprint density at radius 3 is 2.19 bits per heavy atom. The molecule has 2 heterocycles. The molecule has 0 radical (unpaired) electrons. The normalized spacial score (nSPS) is 21.3. The van der Waals surface area contributed by atoms with E-state index in [1.165, 1.54) is 28.8 Å². The van der Waals surface area contributed by atoms with E-state index in [2.05, 4.69) is 5.32 Å². The van der Waals surface area contributed by atoms with Gasteiger partial charge in [-0.05, 0) is 59.2 Å². The third-order valence-corrected chi connectivity index (χ3v) is 9.17. The van der Waals surface area contributed by atoms with Crippen LogP contribution in [0.15, 0.2) is 59.5 Å². The molecule has 0 saturated carbocycles. The van der Waals surface area contributed by atoms with Crippen molar-refractivity contribution in [2.24, 2.45) is 11.1 Å². The van der Waals surface area contributed by atoms with Crippen molar-refractivity contribution in [2.75, 3.05) is 6.79 Å². The first-order valence-corrected chi connectivity index (χ1v) is 15.7. The van der Waals surface area contributed by atoms with Gasteiger partial charge in [0.1, 0.15) is 23.5 Å². The molecule has 0 spiro atoms. The molecule has 12 nitrogen and oxygen atoms in total. The summed E-state index contributed by atoms with van der Waals surface area (Å²) in [6.07, 6.45) is 0. The van der Waals surface area contributed by atoms with Crippen LogP contribution >= 0.6 is 11.8 Å². The van der Waals surface area contributed by atoms with Gasteiger partial charge in [-0.1, -0.05) is 48.0 Å². The van der Waals surface area contributed by atoms with E-state index >= 15 is 0 Å². The summed E-state index contributed by atoms with van der Waals surface area (Å²) in [5.74, 6) is -2.00. The molecular formula is C29H37N3O9S2. The van der Waals surface area contributed by atoms with E-state index < -0.39 is 68.4 Å². The van der Waals surface area contributed by atoms with E-state index in [9.17, 15) is 27.6 Å². The molecule has 14 heteroatoms. The van der Waals surface area contributed by atoms with Crippen LogP contribution in [0.1, 0.15) is 51.8 Å². The van der Waals surface area contributed by atoms with Gasteiger partial charge in [-0.2, -0.15) is 8.42 Å². The first-order chi connectivity index (χ1) is 19.8. The second-order valence-corrected chi connectivity index (χ2v) is 14.9. The van der Waals surface area contributed by atoms with Gasteiger partial charge >= 0.3 is 11.9 Å². The number of carbonyl (C=O) groups excluding carboxylic acids is 4. The van der Waals surface area contributed by atoms with Crippen molar-refractivity contribution >= 4 is 45.6 Å². The van der Waals surface area contributed by atoms with Crippen molar-refractivity contribution in [1.29, 1.82) is 0 Å². The number of carbonyl (C=O) groups is 4. The standard InChI is InChI=1S/C22H29N3O6S.C7H8O3S/c1-21(2,3)20(29)31-11-30-19(28)15-22(4,5)32-18-14(17(27)25(15)18)24-16(26)13(23)12-9-7-6-8-10-12;1-6-2-4-7(5-3-6)11(8,9)10/h6-10,13-15,18H,11,23H2,1-5H3,(H,24,26);2-5H,1H3,(H,8,9,10)/t13-,14-,15+,18-;/m1./s1. The van der Waals surface area contributed by atoms with Crippen LogP contribution in [0.5, 0.6) is 0 Å². The molecular weight excluding hydrogens is 598 g/mol. The molecule has 0 unspecified atom stereocenters. The van der Waals surface area contributed by atoms with E-state index in [4.69, 9.17) is 19.8 Å². The third-order valence-electron chi connectivity index (χ3n) is 6.73. The number of fused-ring (bicyclic) bond motifs is 1. The summed E-state index contributed by atoms with van der Waals surface area (Å²) in [6.45, 7) is 10.0. The number of β-lactam (4-membered cyclic amide) rings is 1. The molecule has 2 aromatic rings. The van der Waals surface area contributed by atoms with Gasteiger partial charge in [0.2, 0.25) is 18.6 Å². The van der Waals surface area contributed by atoms with Crippen LogP contribution < -0.4 is 11.1 Å². The van der Waals surface area contributed by atoms with E-state index in [1.807, 2.05) is 26.8 Å². The van der Waals surface area contributed by atoms with Crippen molar-refractivity contribution in [3.63, 3.8) is 0 Å². The highest BCUT2D eigenvalue weighted by atomic mass is 32.2. The van der Waals surface area contributed by atoms with Crippen LogP contribution in [-0.4, -0.2) is 70.6 Å². The molecule has 43 heavy (non-hydrogen) atoms. The Labute approximate surface area is 255 Å². The summed E-state index contributed by atoms with van der Waals surface area (Å²) in [5, 5.41) is 2.29. The average molecular weight is 636 g/mol. The lowest BCUT2D eigenvalue weighted by molar-refractivity contribution is -0.180. The number of rotatable bonds is 7. The summed E-state index contributed by atoms with van der Waals surface area (Å²) in [5.41, 5.74) is 6.90. The maximum atomic E-state index is 12.8. The van der Waals surface area contributed by atoms with Crippen LogP contribution in [0.4, 0.5) is 0 Å². The maximum absolute atomic E-state index is 12.8. The summed E-state index contributed by atoms with van der Waals surface area (Å²) in [7, 11) is -4.02. The number of benzene rings is 2. The highest BCUT2D eigenvalue weighted by Crippen LogP contribution is 2.51. The van der Waals surface area contributed by atoms with Crippen LogP contribution in [0.2, 0.25) is 0 Å². The second-order valence-electron chi connectivity index (χ2n) is 11.7. The quantitative estimate of drug-likeness (QED) is 0.176. The highest BCUT2D eigenvalue weighted by molar-refractivity contribution is 8.01. The summed E-state index contributed by atoms with van der Waals surface area (Å²) in [4.78, 5) is 51.3. The lowest BCUT2D eigenvalue weighted by atomic mass is 9.95. The number of esters is 2. The molecule has 2 aliphatic heterocycles. The zero-order chi connectivity index (χ0) is 32.3. The minimum atomic E-state index is -4.02. The molecule has 4 rings (SSSR count). The molecule has 0 aliphatic carbocycles. The maximum Gasteiger partial charge on any atom is 0.333 e. The van der Waals surface area contributed by atoms with Gasteiger partial charge in [0.25, 0.3) is 10.1 Å². The minimum Gasteiger partial charge on any atom is -0.427 e. The molecule has 234 valence electrons. The average Bonchev–Trinajstić information content (AvgIpc) is 3.18. The minimum absolute atomic E-state index is 0.0666. The number of nitrogens with zero attached hydrogens (tertiary/aromatic N) is 1. The van der Waals surface area contributed by atoms with Crippen LogP contribution in [0.3, 0.4) is 0 Å². The van der Waals surface area contributed by atoms with Gasteiger partial charge in [0.05, 0.1) is 10.3 Å². The predicted octanol–water partition coefficient (Wildman–Crippen LogP) is 2.57. The van der Waals surface area contributed by atoms with Crippen LogP contribution in [0.25, 0.3) is 0 Å². The summed E-state index contributed by atoms with van der Waals surface area (Å²) >= 11 is 1.40. The van der Waals surface area contributed by atoms with Gasteiger partial charge in [0.15, 0.2) is 0 Å². The van der Waals surface area contributed by atoms with Crippen molar-refractivity contribution in [3.05, 3.63) is 65.7 Å². The van der Waals surface area contributed by atoms with Gasteiger partial charge in [-0.3, -0.25) is 18.9 Å². The number of amides is 2. The zero-order valence-electron chi connectivity index (χ0n) is 24.8. The van der Waals surface area contributed by atoms with Crippen molar-refractivity contribution < 1.29 is 41.6 Å². The lowest BCUT2D eigenvalue weighted by Gasteiger charge is -2.44. The molecule has 0 bridgehead atoms. The number of hydrogen-bond donors (Lipinski definition) is 3. The highest BCUT2D eigenvalue weighted by Gasteiger charge is 2.64. The molecule has 4 atom stereocenters. The number of ether oxygens (including phenoxy) is 2. The third kappa shape index (κ3) is 8.13. The lowest BCUT2D eigenvalue weighted by Crippen LogP contribution is -2.71. The van der Waals surface area contributed by atoms with Crippen molar-refractivity contribution in [3.8, 4) is 0 Å². The molecule has 4 N–H and O–H groups in total. The zero-order valence-corrected chi connectivity index (χ0v) is 26.4. The van der Waals surface area contributed by atoms with Crippen LogP contribution in [0, 0.1) is 12.3 Å². The Balaban J connectivity index is 0.000000386. The first-order valence-electron chi connectivity index (χ1n) is 13.3. The van der Waals surface area contributed by atoms with Gasteiger partial charge in [0, 0.05) is 4.75 Å². The number of aryl methyl sites for hydroxylation is 1. The van der Waals surface area contributed by atoms with E-state index in [1.54, 1.807) is 57.2 Å². The van der Waals surface area contributed by atoms with Crippen molar-refractivity contribution in [2.45, 2.75) is 74.7 Å². The monoisotopic (exact) mass is 635 g/mol. The fraction of sp³-hybridized carbons (Fsp3) is 0.448. The fourth-order valence-electron chi connectivity index (χ4n) is 4.33. The van der Waals surface area contributed by atoms with Gasteiger partial charge in [-0.15, -0.1) is 11.8 Å². The molecule has 2 fully saturated rings. The van der Waals surface area contributed by atoms with Crippen molar-refractivity contribution in [1.82, 2.24) is 10.2 Å². The van der Waals surface area contributed by atoms with Crippen LogP contribution in [-0.2, 0) is 38.8 Å². The summed E-state index contributed by atoms with van der Waals surface area (Å²) in [6, 6.07) is 12.3. The molecule has 2 aliphatic rings. The van der Waals surface area contributed by atoms with E-state index in [0.29, 0.717) is 5.56 Å². The number of nitrogens with two attached hydrogens (primary N) is 1. The Kier molecular flexibility index (Phi) is 10.3. The van der Waals surface area contributed by atoms with E-state index in [0.717, 1.165) is 5.56 Å². The molecule has 2 amide bonds. The van der Waals surface area contributed by atoms with Gasteiger partial charge < -0.3 is 25.4 Å². The Bertz CT molecular complexity index is 1460. The number of nitrogens with one attached hydrogen (secondary N) is 1. The SMILES string of the molecule is CC(C)(C)C(=O)OCOC(=O)[C@@H]1N2C(=O)[C@@H](NC(=O)[C@H](N)c3ccccc3)[C@H]2SC1(C)C.Cc1ccc(S(=O)(=O)O)cc1. The Hall–Kier alpha value is -3.46. The fourth-order valence-corrected chi connectivity index (χ4v) is 6.43. The second kappa shape index (κ2) is 13.0. The van der Waals surface area contributed by atoms with Gasteiger partial charge in [-0.25, -0.2) is 4.79 Å². The smallest absolute Gasteiger partial charge is 0.333 e.